The molecule has 0 bridgehead atoms. The maximum atomic E-state index is 11.9. The molecule has 1 aliphatic heterocycles. The molecule has 1 aromatic carbocycles. The molecule has 2 aromatic rings. The van der Waals surface area contributed by atoms with Crippen LogP contribution >= 0.6 is 11.3 Å². The fraction of sp³-hybridized carbons (Fsp3) is 0.412. The highest BCUT2D eigenvalue weighted by Crippen LogP contribution is 2.26. The number of esters is 1. The van der Waals surface area contributed by atoms with Crippen LogP contribution in [0.15, 0.2) is 29.6 Å². The molecule has 1 aromatic heterocycles. The lowest BCUT2D eigenvalue weighted by molar-refractivity contribution is -0.149. The highest BCUT2D eigenvalue weighted by atomic mass is 32.1. The summed E-state index contributed by atoms with van der Waals surface area (Å²) in [4.78, 5) is 16.4. The standard InChI is InChI=1S/C17H19NO4S/c1-2-21-15-5-3-12(4-6-15)16-18-14(11-23-16)10-22-17(19)13-7-8-20-9-13/h3-6,11,13H,2,7-10H2,1H3. The maximum absolute atomic E-state index is 11.9. The van der Waals surface area contributed by atoms with Crippen LogP contribution in [0.3, 0.4) is 0 Å². The topological polar surface area (TPSA) is 57.7 Å². The summed E-state index contributed by atoms with van der Waals surface area (Å²) >= 11 is 1.54. The molecule has 1 unspecified atom stereocenters. The minimum atomic E-state index is -0.196. The molecule has 0 aliphatic carbocycles. The number of hydrogen-bond donors (Lipinski definition) is 0. The number of benzene rings is 1. The smallest absolute Gasteiger partial charge is 0.311 e. The van der Waals surface area contributed by atoms with E-state index in [4.69, 9.17) is 14.2 Å². The van der Waals surface area contributed by atoms with Gasteiger partial charge in [-0.1, -0.05) is 0 Å². The average molecular weight is 333 g/mol. The zero-order chi connectivity index (χ0) is 16.1. The SMILES string of the molecule is CCOc1ccc(-c2nc(COC(=O)C3CCOC3)cs2)cc1. The predicted octanol–water partition coefficient (Wildman–Crippen LogP) is 3.29. The van der Waals surface area contributed by atoms with Gasteiger partial charge in [-0.15, -0.1) is 11.3 Å². The summed E-state index contributed by atoms with van der Waals surface area (Å²) in [5.41, 5.74) is 1.80. The van der Waals surface area contributed by atoms with E-state index in [-0.39, 0.29) is 18.5 Å². The Morgan fingerprint density at radius 2 is 2.22 bits per heavy atom. The summed E-state index contributed by atoms with van der Waals surface area (Å²) in [5, 5.41) is 2.83. The molecule has 0 N–H and O–H groups in total. The molecule has 1 aliphatic rings. The normalized spacial score (nSPS) is 17.2. The zero-order valence-corrected chi connectivity index (χ0v) is 13.8. The quantitative estimate of drug-likeness (QED) is 0.759. The molecule has 0 amide bonds. The van der Waals surface area contributed by atoms with Crippen LogP contribution in [-0.2, 0) is 20.9 Å². The Bertz CT molecular complexity index is 647. The van der Waals surface area contributed by atoms with Gasteiger partial charge in [0, 0.05) is 17.6 Å². The van der Waals surface area contributed by atoms with E-state index in [1.165, 1.54) is 11.3 Å². The van der Waals surface area contributed by atoms with Crippen LogP contribution in [0.1, 0.15) is 19.0 Å². The van der Waals surface area contributed by atoms with E-state index in [0.29, 0.717) is 19.8 Å². The van der Waals surface area contributed by atoms with Crippen molar-refractivity contribution in [3.05, 3.63) is 35.3 Å². The molecule has 122 valence electrons. The molecule has 23 heavy (non-hydrogen) atoms. The second-order valence-corrected chi connectivity index (χ2v) is 6.13. The lowest BCUT2D eigenvalue weighted by atomic mass is 10.1. The number of ether oxygens (including phenoxy) is 3. The highest BCUT2D eigenvalue weighted by molar-refractivity contribution is 7.13. The van der Waals surface area contributed by atoms with Crippen molar-refractivity contribution in [2.45, 2.75) is 20.0 Å². The molecule has 0 radical (unpaired) electrons. The van der Waals surface area contributed by atoms with Crippen molar-refractivity contribution in [3.8, 4) is 16.3 Å². The molecule has 3 rings (SSSR count). The second-order valence-electron chi connectivity index (χ2n) is 5.27. The van der Waals surface area contributed by atoms with Crippen LogP contribution < -0.4 is 4.74 Å². The Balaban J connectivity index is 1.58. The van der Waals surface area contributed by atoms with E-state index < -0.39 is 0 Å². The van der Waals surface area contributed by atoms with Gasteiger partial charge in [-0.25, -0.2) is 4.98 Å². The van der Waals surface area contributed by atoms with Gasteiger partial charge in [0.05, 0.1) is 24.8 Å². The summed E-state index contributed by atoms with van der Waals surface area (Å²) in [5.74, 6) is 0.526. The number of carbonyl (C=O) groups excluding carboxylic acids is 1. The predicted molar refractivity (Wildman–Crippen MR) is 87.4 cm³/mol. The number of carbonyl (C=O) groups is 1. The molecular weight excluding hydrogens is 314 g/mol. The van der Waals surface area contributed by atoms with E-state index in [2.05, 4.69) is 4.98 Å². The van der Waals surface area contributed by atoms with Crippen LogP contribution in [0.4, 0.5) is 0 Å². The summed E-state index contributed by atoms with van der Waals surface area (Å²) in [7, 11) is 0. The van der Waals surface area contributed by atoms with E-state index in [0.717, 1.165) is 28.4 Å². The number of thiazole rings is 1. The van der Waals surface area contributed by atoms with Gasteiger partial charge in [0.15, 0.2) is 0 Å². The summed E-state index contributed by atoms with van der Waals surface area (Å²) in [6.45, 7) is 3.92. The number of rotatable bonds is 6. The van der Waals surface area contributed by atoms with Crippen LogP contribution in [0.25, 0.3) is 10.6 Å². The van der Waals surface area contributed by atoms with Gasteiger partial charge in [0.1, 0.15) is 17.4 Å². The third kappa shape index (κ3) is 4.09. The minimum Gasteiger partial charge on any atom is -0.494 e. The fourth-order valence-corrected chi connectivity index (χ4v) is 3.16. The van der Waals surface area contributed by atoms with Crippen LogP contribution in [0.5, 0.6) is 5.75 Å². The van der Waals surface area contributed by atoms with Crippen molar-refractivity contribution < 1.29 is 19.0 Å². The Morgan fingerprint density at radius 1 is 1.39 bits per heavy atom. The lowest BCUT2D eigenvalue weighted by Crippen LogP contribution is -2.17. The van der Waals surface area contributed by atoms with E-state index in [1.807, 2.05) is 36.6 Å². The molecule has 0 saturated carbocycles. The first-order valence-electron chi connectivity index (χ1n) is 7.68. The monoisotopic (exact) mass is 333 g/mol. The Hall–Kier alpha value is -1.92. The molecule has 0 spiro atoms. The van der Waals surface area contributed by atoms with Gasteiger partial charge in [-0.3, -0.25) is 4.79 Å². The van der Waals surface area contributed by atoms with Gasteiger partial charge in [0.2, 0.25) is 0 Å². The van der Waals surface area contributed by atoms with Crippen LogP contribution in [0.2, 0.25) is 0 Å². The highest BCUT2D eigenvalue weighted by Gasteiger charge is 2.25. The fourth-order valence-electron chi connectivity index (χ4n) is 2.35. The van der Waals surface area contributed by atoms with E-state index >= 15 is 0 Å². The second kappa shape index (κ2) is 7.57. The molecule has 6 heteroatoms. The van der Waals surface area contributed by atoms with Crippen molar-refractivity contribution in [1.82, 2.24) is 4.98 Å². The number of hydrogen-bond acceptors (Lipinski definition) is 6. The van der Waals surface area contributed by atoms with E-state index in [9.17, 15) is 4.79 Å². The van der Waals surface area contributed by atoms with Gasteiger partial charge in [-0.05, 0) is 37.6 Å². The largest absolute Gasteiger partial charge is 0.494 e. The molecular formula is C17H19NO4S. The molecule has 1 saturated heterocycles. The van der Waals surface area contributed by atoms with Crippen molar-refractivity contribution in [1.29, 1.82) is 0 Å². The minimum absolute atomic E-state index is 0.126. The van der Waals surface area contributed by atoms with Gasteiger partial charge in [-0.2, -0.15) is 0 Å². The first-order valence-corrected chi connectivity index (χ1v) is 8.56. The third-order valence-corrected chi connectivity index (χ3v) is 4.53. The summed E-state index contributed by atoms with van der Waals surface area (Å²) in [6, 6.07) is 7.82. The first-order chi connectivity index (χ1) is 11.3. The molecule has 5 nitrogen and oxygen atoms in total. The lowest BCUT2D eigenvalue weighted by Gasteiger charge is -2.06. The van der Waals surface area contributed by atoms with Crippen molar-refractivity contribution in [3.63, 3.8) is 0 Å². The number of aromatic nitrogens is 1. The molecule has 1 atom stereocenters. The number of nitrogens with zero attached hydrogens (tertiary/aromatic N) is 1. The maximum Gasteiger partial charge on any atom is 0.311 e. The van der Waals surface area contributed by atoms with Gasteiger partial charge < -0.3 is 14.2 Å². The van der Waals surface area contributed by atoms with Gasteiger partial charge >= 0.3 is 5.97 Å². The van der Waals surface area contributed by atoms with Crippen molar-refractivity contribution >= 4 is 17.3 Å². The van der Waals surface area contributed by atoms with E-state index in [1.54, 1.807) is 0 Å². The molecule has 2 heterocycles. The summed E-state index contributed by atoms with van der Waals surface area (Å²) in [6.07, 6.45) is 0.743. The Kier molecular flexibility index (Phi) is 5.25. The average Bonchev–Trinajstić information content (AvgIpc) is 3.25. The molecule has 1 fully saturated rings. The Labute approximate surface area is 139 Å². The Morgan fingerprint density at radius 3 is 2.91 bits per heavy atom. The van der Waals surface area contributed by atoms with Crippen molar-refractivity contribution in [2.24, 2.45) is 5.92 Å². The van der Waals surface area contributed by atoms with Crippen LogP contribution in [-0.4, -0.2) is 30.8 Å². The zero-order valence-electron chi connectivity index (χ0n) is 13.0. The van der Waals surface area contributed by atoms with Crippen molar-refractivity contribution in [2.75, 3.05) is 19.8 Å². The van der Waals surface area contributed by atoms with Gasteiger partial charge in [0.25, 0.3) is 0 Å². The van der Waals surface area contributed by atoms with Crippen LogP contribution in [0, 0.1) is 5.92 Å². The first kappa shape index (κ1) is 16.0. The summed E-state index contributed by atoms with van der Waals surface area (Å²) < 4.78 is 15.9. The third-order valence-electron chi connectivity index (χ3n) is 3.59.